The van der Waals surface area contributed by atoms with Gasteiger partial charge in [0.25, 0.3) is 0 Å². The topological polar surface area (TPSA) is 0 Å². The number of hydrogen-bond acceptors (Lipinski definition) is 0. The van der Waals surface area contributed by atoms with Crippen LogP contribution in [0, 0.1) is 57.7 Å². The van der Waals surface area contributed by atoms with E-state index in [0.717, 1.165) is 41.4 Å². The Kier molecular flexibility index (Phi) is 6.01. The summed E-state index contributed by atoms with van der Waals surface area (Å²) in [6.07, 6.45) is 18.2. The van der Waals surface area contributed by atoms with Gasteiger partial charge in [0.2, 0.25) is 0 Å². The Hall–Kier alpha value is 0. The normalized spacial score (nSPS) is 47.4. The largest absolute Gasteiger partial charge is 0.0628 e. The molecule has 0 aromatic heterocycles. The summed E-state index contributed by atoms with van der Waals surface area (Å²) < 4.78 is 0. The van der Waals surface area contributed by atoms with Gasteiger partial charge in [-0.1, -0.05) is 80.6 Å². The summed E-state index contributed by atoms with van der Waals surface area (Å²) in [5.74, 6) is 6.85. The van der Waals surface area contributed by atoms with E-state index in [-0.39, 0.29) is 0 Å². The molecule has 0 amide bonds. The van der Waals surface area contributed by atoms with Crippen LogP contribution >= 0.6 is 0 Å². The van der Waals surface area contributed by atoms with Crippen molar-refractivity contribution in [2.75, 3.05) is 0 Å². The highest BCUT2D eigenvalue weighted by atomic mass is 14.7. The van der Waals surface area contributed by atoms with Crippen molar-refractivity contribution in [1.29, 1.82) is 0 Å². The van der Waals surface area contributed by atoms with Gasteiger partial charge in [-0.3, -0.25) is 0 Å². The summed E-state index contributed by atoms with van der Waals surface area (Å²) in [6, 6.07) is 0. The molecule has 4 aliphatic rings. The molecule has 4 saturated carbocycles. The van der Waals surface area contributed by atoms with Gasteiger partial charge in [-0.05, 0) is 103 Å². The summed E-state index contributed by atoms with van der Waals surface area (Å²) >= 11 is 0. The Bertz CT molecular complexity index is 573. The predicted molar refractivity (Wildman–Crippen MR) is 127 cm³/mol. The van der Waals surface area contributed by atoms with Gasteiger partial charge >= 0.3 is 0 Å². The van der Waals surface area contributed by atoms with Crippen molar-refractivity contribution >= 4 is 0 Å². The third-order valence-electron chi connectivity index (χ3n) is 11.3. The second kappa shape index (κ2) is 7.85. The smallest absolute Gasteiger partial charge is 0.0259 e. The molecule has 0 bridgehead atoms. The van der Waals surface area contributed by atoms with Gasteiger partial charge in [-0.25, -0.2) is 0 Å². The highest BCUT2D eigenvalue weighted by molar-refractivity contribution is 5.13. The Morgan fingerprint density at radius 2 is 1.52 bits per heavy atom. The van der Waals surface area contributed by atoms with Crippen LogP contribution in [0.25, 0.3) is 0 Å². The van der Waals surface area contributed by atoms with Gasteiger partial charge in [-0.2, -0.15) is 0 Å². The summed E-state index contributed by atoms with van der Waals surface area (Å²) in [5, 5.41) is 0. The zero-order valence-corrected chi connectivity index (χ0v) is 21.0. The fraction of sp³-hybridized carbons (Fsp3) is 1.00. The van der Waals surface area contributed by atoms with Crippen LogP contribution in [-0.2, 0) is 0 Å². The highest BCUT2D eigenvalue weighted by Gasteiger charge is 2.64. The van der Waals surface area contributed by atoms with Crippen molar-refractivity contribution < 1.29 is 0 Å². The lowest BCUT2D eigenvalue weighted by atomic mass is 9.44. The molecule has 4 aliphatic carbocycles. The Labute approximate surface area is 183 Å². The molecule has 29 heavy (non-hydrogen) atoms. The second-order valence-corrected chi connectivity index (χ2v) is 13.9. The maximum absolute atomic E-state index is 2.77. The van der Waals surface area contributed by atoms with Crippen LogP contribution in [0.5, 0.6) is 0 Å². The van der Waals surface area contributed by atoms with Crippen molar-refractivity contribution in [3.05, 3.63) is 0 Å². The average molecular weight is 401 g/mol. The molecule has 8 atom stereocenters. The van der Waals surface area contributed by atoms with Crippen LogP contribution in [0.2, 0.25) is 0 Å². The minimum Gasteiger partial charge on any atom is -0.0628 e. The van der Waals surface area contributed by atoms with E-state index in [9.17, 15) is 0 Å². The van der Waals surface area contributed by atoms with E-state index in [1.807, 2.05) is 0 Å². The minimum absolute atomic E-state index is 0.538. The van der Waals surface area contributed by atoms with Crippen molar-refractivity contribution in [3.63, 3.8) is 0 Å². The quantitative estimate of drug-likeness (QED) is 0.431. The third-order valence-corrected chi connectivity index (χ3v) is 11.3. The molecule has 0 radical (unpaired) electrons. The van der Waals surface area contributed by atoms with Gasteiger partial charge < -0.3 is 0 Å². The first-order valence-electron chi connectivity index (χ1n) is 13.6. The predicted octanol–water partition coefficient (Wildman–Crippen LogP) is 9.13. The maximum Gasteiger partial charge on any atom is -0.0259 e. The molecule has 4 fully saturated rings. The zero-order valence-electron chi connectivity index (χ0n) is 21.0. The first-order valence-corrected chi connectivity index (χ1v) is 13.6. The van der Waals surface area contributed by atoms with Gasteiger partial charge in [-0.15, -0.1) is 0 Å². The molecular formula is C29H52. The van der Waals surface area contributed by atoms with E-state index in [2.05, 4.69) is 48.5 Å². The second-order valence-electron chi connectivity index (χ2n) is 13.9. The Morgan fingerprint density at radius 1 is 0.759 bits per heavy atom. The van der Waals surface area contributed by atoms with Gasteiger partial charge in [0.1, 0.15) is 0 Å². The molecule has 168 valence electrons. The van der Waals surface area contributed by atoms with E-state index >= 15 is 0 Å². The molecule has 0 saturated heterocycles. The molecule has 0 N–H and O–H groups in total. The lowest BCUT2D eigenvalue weighted by molar-refractivity contribution is -0.115. The molecule has 0 nitrogen and oxygen atoms in total. The fourth-order valence-corrected chi connectivity index (χ4v) is 10.4. The van der Waals surface area contributed by atoms with E-state index in [1.165, 1.54) is 44.9 Å². The summed E-state index contributed by atoms with van der Waals surface area (Å²) in [6.45, 7) is 18.2. The monoisotopic (exact) mass is 400 g/mol. The Morgan fingerprint density at radius 3 is 2.24 bits per heavy atom. The van der Waals surface area contributed by atoms with Crippen LogP contribution in [0.1, 0.15) is 126 Å². The van der Waals surface area contributed by atoms with E-state index in [1.54, 1.807) is 32.1 Å². The first kappa shape index (κ1) is 22.2. The first-order chi connectivity index (χ1) is 13.6. The fourth-order valence-electron chi connectivity index (χ4n) is 10.4. The number of hydrogen-bond donors (Lipinski definition) is 0. The number of rotatable bonds is 5. The van der Waals surface area contributed by atoms with Crippen LogP contribution in [-0.4, -0.2) is 0 Å². The lowest BCUT2D eigenvalue weighted by Crippen LogP contribution is -2.53. The van der Waals surface area contributed by atoms with Gasteiger partial charge in [0.05, 0.1) is 0 Å². The van der Waals surface area contributed by atoms with E-state index in [4.69, 9.17) is 0 Å². The standard InChI is InChI=1S/C29H52/c1-20(2)11-10-12-21(3)26-27(4,5)19-25-23-15-14-22-13-8-9-17-28(22,6)24(23)16-18-29(25,26)7/h20-26H,8-19H2,1-7H3/t21-,22?,23-,24+,25+,26+,28+,29+/m1/s1. The summed E-state index contributed by atoms with van der Waals surface area (Å²) in [4.78, 5) is 0. The average Bonchev–Trinajstić information content (AvgIpc) is 2.85. The molecule has 0 aromatic rings. The van der Waals surface area contributed by atoms with Crippen molar-refractivity contribution in [2.45, 2.75) is 126 Å². The number of fused-ring (bicyclic) bond motifs is 5. The van der Waals surface area contributed by atoms with Crippen LogP contribution < -0.4 is 0 Å². The van der Waals surface area contributed by atoms with Crippen molar-refractivity contribution in [2.24, 2.45) is 57.7 Å². The summed E-state index contributed by atoms with van der Waals surface area (Å²) in [5.41, 5.74) is 1.84. The lowest BCUT2D eigenvalue weighted by Gasteiger charge is -2.61. The molecule has 4 rings (SSSR count). The van der Waals surface area contributed by atoms with Gasteiger partial charge in [0.15, 0.2) is 0 Å². The van der Waals surface area contributed by atoms with Crippen LogP contribution in [0.3, 0.4) is 0 Å². The molecule has 0 aromatic carbocycles. The zero-order chi connectivity index (χ0) is 21.0. The Balaban J connectivity index is 1.55. The molecule has 0 aliphatic heterocycles. The van der Waals surface area contributed by atoms with Crippen molar-refractivity contribution in [3.8, 4) is 0 Å². The van der Waals surface area contributed by atoms with Crippen molar-refractivity contribution in [1.82, 2.24) is 0 Å². The molecule has 0 heterocycles. The molecule has 0 spiro atoms. The minimum atomic E-state index is 0.538. The van der Waals surface area contributed by atoms with Crippen LogP contribution in [0.4, 0.5) is 0 Å². The SMILES string of the molecule is CC(C)CCC[C@@H](C)[C@H]1C(C)(C)C[C@H]2[C@@H]3CCC4CCCC[C@]4(C)[C@H]3CC[C@@]21C. The van der Waals surface area contributed by atoms with E-state index in [0.29, 0.717) is 16.2 Å². The van der Waals surface area contributed by atoms with E-state index < -0.39 is 0 Å². The molecule has 1 unspecified atom stereocenters. The third kappa shape index (κ3) is 3.65. The molecular weight excluding hydrogens is 348 g/mol. The highest BCUT2D eigenvalue weighted by Crippen LogP contribution is 2.71. The molecule has 0 heteroatoms. The van der Waals surface area contributed by atoms with Crippen LogP contribution in [0.15, 0.2) is 0 Å². The maximum atomic E-state index is 2.77. The summed E-state index contributed by atoms with van der Waals surface area (Å²) in [7, 11) is 0. The van der Waals surface area contributed by atoms with Gasteiger partial charge in [0, 0.05) is 0 Å².